The molecule has 0 heterocycles. The summed E-state index contributed by atoms with van der Waals surface area (Å²) in [5.74, 6) is -0.337. The third kappa shape index (κ3) is 3.04. The van der Waals surface area contributed by atoms with E-state index in [2.05, 4.69) is 6.58 Å². The summed E-state index contributed by atoms with van der Waals surface area (Å²) in [5, 5.41) is 11.2. The van der Waals surface area contributed by atoms with Gasteiger partial charge in [0.2, 0.25) is 5.76 Å². The quantitative estimate of drug-likeness (QED) is 0.764. The van der Waals surface area contributed by atoms with Crippen molar-refractivity contribution in [1.29, 1.82) is 0 Å². The fourth-order valence-electron chi connectivity index (χ4n) is 2.35. The van der Waals surface area contributed by atoms with Gasteiger partial charge in [0.05, 0.1) is 19.3 Å². The molecule has 0 aromatic carbocycles. The standard InChI is InChI=1S/C17H26O5/c1-9(2)17(19)12(7)14(20-8)13(18)15(21-10(3)4)16(17)22-11(5)6/h10-11,19H,1H2,2-8H3. The van der Waals surface area contributed by atoms with Crippen molar-refractivity contribution in [3.05, 3.63) is 35.0 Å². The number of hydrogen-bond acceptors (Lipinski definition) is 5. The van der Waals surface area contributed by atoms with Crippen LogP contribution < -0.4 is 0 Å². The first-order chi connectivity index (χ1) is 10.1. The lowest BCUT2D eigenvalue weighted by Crippen LogP contribution is -2.43. The van der Waals surface area contributed by atoms with E-state index in [-0.39, 0.29) is 29.5 Å². The van der Waals surface area contributed by atoms with Crippen molar-refractivity contribution in [2.75, 3.05) is 7.11 Å². The predicted octanol–water partition coefficient (Wildman–Crippen LogP) is 2.86. The van der Waals surface area contributed by atoms with Crippen LogP contribution in [0.1, 0.15) is 41.5 Å². The SMILES string of the molecule is C=C(C)C1(O)C(C)=C(OC)C(=O)C(OC(C)C)=C1OC(C)C. The van der Waals surface area contributed by atoms with E-state index in [1.165, 1.54) is 7.11 Å². The van der Waals surface area contributed by atoms with E-state index in [1.54, 1.807) is 27.7 Å². The number of carbonyl (C=O) groups is 1. The molecule has 1 aliphatic rings. The molecule has 0 saturated carbocycles. The molecule has 1 aliphatic carbocycles. The van der Waals surface area contributed by atoms with Gasteiger partial charge in [-0.3, -0.25) is 4.79 Å². The van der Waals surface area contributed by atoms with Gasteiger partial charge in [0.15, 0.2) is 17.1 Å². The number of Topliss-reactive ketones (excluding diaryl/α,β-unsaturated/α-hetero) is 1. The molecule has 0 fully saturated rings. The molecule has 0 radical (unpaired) electrons. The van der Waals surface area contributed by atoms with Crippen molar-refractivity contribution in [3.63, 3.8) is 0 Å². The Morgan fingerprint density at radius 2 is 1.64 bits per heavy atom. The van der Waals surface area contributed by atoms with Gasteiger partial charge in [0, 0.05) is 5.57 Å². The van der Waals surface area contributed by atoms with Gasteiger partial charge in [0.1, 0.15) is 0 Å². The Morgan fingerprint density at radius 1 is 1.14 bits per heavy atom. The molecule has 5 nitrogen and oxygen atoms in total. The lowest BCUT2D eigenvalue weighted by atomic mass is 9.80. The normalized spacial score (nSPS) is 22.5. The second kappa shape index (κ2) is 6.57. The summed E-state index contributed by atoms with van der Waals surface area (Å²) in [6.45, 7) is 14.4. The van der Waals surface area contributed by atoms with Crippen LogP contribution in [0.2, 0.25) is 0 Å². The Balaban J connectivity index is 3.65. The summed E-state index contributed by atoms with van der Waals surface area (Å²) in [6.07, 6.45) is -0.494. The highest BCUT2D eigenvalue weighted by Gasteiger charge is 2.49. The van der Waals surface area contributed by atoms with Crippen LogP contribution in [0.25, 0.3) is 0 Å². The topological polar surface area (TPSA) is 65.0 Å². The third-order valence-corrected chi connectivity index (χ3v) is 3.36. The molecule has 124 valence electrons. The molecule has 1 atom stereocenters. The maximum Gasteiger partial charge on any atom is 0.265 e. The van der Waals surface area contributed by atoms with Crippen molar-refractivity contribution in [2.45, 2.75) is 59.4 Å². The molecule has 0 bridgehead atoms. The first-order valence-corrected chi connectivity index (χ1v) is 7.33. The van der Waals surface area contributed by atoms with Crippen molar-refractivity contribution in [3.8, 4) is 0 Å². The van der Waals surface area contributed by atoms with Crippen molar-refractivity contribution >= 4 is 5.78 Å². The second-order valence-corrected chi connectivity index (χ2v) is 5.97. The summed E-state index contributed by atoms with van der Waals surface area (Å²) in [4.78, 5) is 12.6. The molecule has 22 heavy (non-hydrogen) atoms. The van der Waals surface area contributed by atoms with Crippen LogP contribution >= 0.6 is 0 Å². The molecular formula is C17H26O5. The number of methoxy groups -OCH3 is 1. The van der Waals surface area contributed by atoms with E-state index in [0.29, 0.717) is 11.1 Å². The van der Waals surface area contributed by atoms with Crippen LogP contribution in [0, 0.1) is 0 Å². The molecule has 1 unspecified atom stereocenters. The van der Waals surface area contributed by atoms with E-state index in [9.17, 15) is 9.90 Å². The number of rotatable bonds is 6. The van der Waals surface area contributed by atoms with Crippen molar-refractivity contribution < 1.29 is 24.1 Å². The van der Waals surface area contributed by atoms with Crippen molar-refractivity contribution in [2.24, 2.45) is 0 Å². The highest BCUT2D eigenvalue weighted by atomic mass is 16.5. The molecular weight excluding hydrogens is 284 g/mol. The van der Waals surface area contributed by atoms with Gasteiger partial charge in [0.25, 0.3) is 5.78 Å². The fourth-order valence-corrected chi connectivity index (χ4v) is 2.35. The van der Waals surface area contributed by atoms with E-state index in [1.807, 2.05) is 13.8 Å². The predicted molar refractivity (Wildman–Crippen MR) is 83.9 cm³/mol. The molecule has 0 amide bonds. The molecule has 0 saturated heterocycles. The van der Waals surface area contributed by atoms with E-state index in [0.717, 1.165) is 0 Å². The monoisotopic (exact) mass is 310 g/mol. The minimum atomic E-state index is -1.63. The van der Waals surface area contributed by atoms with Gasteiger partial charge in [-0.15, -0.1) is 0 Å². The molecule has 5 heteroatoms. The Morgan fingerprint density at radius 3 is 2.00 bits per heavy atom. The van der Waals surface area contributed by atoms with Crippen LogP contribution in [-0.4, -0.2) is 35.8 Å². The number of carbonyl (C=O) groups excluding carboxylic acids is 1. The van der Waals surface area contributed by atoms with Gasteiger partial charge in [-0.05, 0) is 47.1 Å². The molecule has 0 spiro atoms. The Bertz CT molecular complexity index is 539. The fraction of sp³-hybridized carbons (Fsp3) is 0.588. The summed E-state index contributed by atoms with van der Waals surface area (Å²) in [5.41, 5.74) is -0.861. The maximum absolute atomic E-state index is 12.6. The minimum absolute atomic E-state index is 0.0309. The largest absolute Gasteiger partial charge is 0.492 e. The summed E-state index contributed by atoms with van der Waals surface area (Å²) in [6, 6.07) is 0. The van der Waals surface area contributed by atoms with Gasteiger partial charge in [-0.2, -0.15) is 0 Å². The van der Waals surface area contributed by atoms with Crippen LogP contribution in [0.5, 0.6) is 0 Å². The summed E-state index contributed by atoms with van der Waals surface area (Å²) in [7, 11) is 1.39. The molecule has 1 rings (SSSR count). The third-order valence-electron chi connectivity index (χ3n) is 3.36. The highest BCUT2D eigenvalue weighted by molar-refractivity contribution is 6.08. The van der Waals surface area contributed by atoms with Crippen LogP contribution in [-0.2, 0) is 19.0 Å². The zero-order valence-corrected chi connectivity index (χ0v) is 14.4. The zero-order chi connectivity index (χ0) is 17.2. The highest BCUT2D eigenvalue weighted by Crippen LogP contribution is 2.42. The van der Waals surface area contributed by atoms with Crippen LogP contribution in [0.3, 0.4) is 0 Å². The average molecular weight is 310 g/mol. The van der Waals surface area contributed by atoms with Crippen LogP contribution in [0.4, 0.5) is 0 Å². The lowest BCUT2D eigenvalue weighted by Gasteiger charge is -2.38. The average Bonchev–Trinajstić information content (AvgIpc) is 2.40. The van der Waals surface area contributed by atoms with Gasteiger partial charge < -0.3 is 19.3 Å². The van der Waals surface area contributed by atoms with E-state index in [4.69, 9.17) is 14.2 Å². The van der Waals surface area contributed by atoms with Crippen LogP contribution in [0.15, 0.2) is 35.0 Å². The number of ketones is 1. The maximum atomic E-state index is 12.6. The second-order valence-electron chi connectivity index (χ2n) is 5.97. The van der Waals surface area contributed by atoms with E-state index < -0.39 is 11.4 Å². The Kier molecular flexibility index (Phi) is 5.46. The van der Waals surface area contributed by atoms with Gasteiger partial charge in [-0.25, -0.2) is 0 Å². The first kappa shape index (κ1) is 18.3. The number of ether oxygens (including phenoxy) is 3. The number of hydrogen-bond donors (Lipinski definition) is 1. The molecule has 1 N–H and O–H groups in total. The summed E-state index contributed by atoms with van der Waals surface area (Å²) < 4.78 is 16.6. The van der Waals surface area contributed by atoms with E-state index >= 15 is 0 Å². The summed E-state index contributed by atoms with van der Waals surface area (Å²) >= 11 is 0. The minimum Gasteiger partial charge on any atom is -0.492 e. The Labute approximate surface area is 132 Å². The van der Waals surface area contributed by atoms with Crippen molar-refractivity contribution in [1.82, 2.24) is 0 Å². The number of aliphatic hydroxyl groups is 1. The van der Waals surface area contributed by atoms with Gasteiger partial charge >= 0.3 is 0 Å². The smallest absolute Gasteiger partial charge is 0.265 e. The Hall–Kier alpha value is -1.75. The zero-order valence-electron chi connectivity index (χ0n) is 14.4. The van der Waals surface area contributed by atoms with Gasteiger partial charge in [-0.1, -0.05) is 6.58 Å². The molecule has 0 aromatic rings. The first-order valence-electron chi connectivity index (χ1n) is 7.33. The molecule has 0 aliphatic heterocycles. The molecule has 0 aromatic heterocycles. The lowest BCUT2D eigenvalue weighted by molar-refractivity contribution is -0.121.